The molecule has 1 saturated carbocycles. The number of pyridine rings is 1. The van der Waals surface area contributed by atoms with Gasteiger partial charge < -0.3 is 20.8 Å². The summed E-state index contributed by atoms with van der Waals surface area (Å²) in [6.45, 7) is 7.74. The molecule has 2 aromatic carbocycles. The summed E-state index contributed by atoms with van der Waals surface area (Å²) in [5.74, 6) is 0.698. The summed E-state index contributed by atoms with van der Waals surface area (Å²) in [5.41, 5.74) is 2.81. The first kappa shape index (κ1) is 25.5. The molecule has 0 radical (unpaired) electrons. The van der Waals surface area contributed by atoms with Gasteiger partial charge in [0.2, 0.25) is 11.8 Å². The van der Waals surface area contributed by atoms with Crippen molar-refractivity contribution in [2.45, 2.75) is 46.0 Å². The van der Waals surface area contributed by atoms with E-state index in [1.54, 1.807) is 18.2 Å². The number of thiazole rings is 1. The predicted molar refractivity (Wildman–Crippen MR) is 151 cm³/mol. The summed E-state index contributed by atoms with van der Waals surface area (Å²) < 4.78 is 6.08. The van der Waals surface area contributed by atoms with Crippen LogP contribution in [0.15, 0.2) is 54.6 Å². The number of fused-ring (bicyclic) bond motifs is 1. The van der Waals surface area contributed by atoms with Gasteiger partial charge in [-0.3, -0.25) is 9.59 Å². The van der Waals surface area contributed by atoms with Crippen molar-refractivity contribution >= 4 is 50.5 Å². The second kappa shape index (κ2) is 9.64. The molecule has 3 N–H and O–H groups in total. The van der Waals surface area contributed by atoms with Crippen molar-refractivity contribution in [3.63, 3.8) is 0 Å². The summed E-state index contributed by atoms with van der Waals surface area (Å²) in [4.78, 5) is 35.0. The average Bonchev–Trinajstić information content (AvgIpc) is 3.53. The van der Waals surface area contributed by atoms with Gasteiger partial charge in [-0.2, -0.15) is 0 Å². The summed E-state index contributed by atoms with van der Waals surface area (Å²) >= 11 is 1.31. The van der Waals surface area contributed by atoms with E-state index in [1.165, 1.54) is 17.6 Å². The van der Waals surface area contributed by atoms with E-state index < -0.39 is 5.41 Å². The number of benzene rings is 2. The molecular weight excluding hydrogens is 498 g/mol. The van der Waals surface area contributed by atoms with Gasteiger partial charge in [-0.15, -0.1) is 0 Å². The van der Waals surface area contributed by atoms with E-state index in [0.29, 0.717) is 38.4 Å². The minimum Gasteiger partial charge on any atom is -0.439 e. The molecule has 1 fully saturated rings. The number of anilines is 2. The number of amides is 2. The fourth-order valence-corrected chi connectivity index (χ4v) is 4.65. The van der Waals surface area contributed by atoms with Crippen molar-refractivity contribution in [2.24, 2.45) is 5.41 Å². The quantitative estimate of drug-likeness (QED) is 0.220. The van der Waals surface area contributed by atoms with Crippen LogP contribution in [-0.4, -0.2) is 28.0 Å². The zero-order valence-corrected chi connectivity index (χ0v) is 22.5. The van der Waals surface area contributed by atoms with E-state index in [9.17, 15) is 9.59 Å². The number of aromatic nitrogens is 2. The fourth-order valence-electron chi connectivity index (χ4n) is 3.82. The van der Waals surface area contributed by atoms with Crippen molar-refractivity contribution in [1.29, 1.82) is 5.41 Å². The van der Waals surface area contributed by atoms with Crippen LogP contribution in [0.25, 0.3) is 10.3 Å². The van der Waals surface area contributed by atoms with E-state index in [1.807, 2.05) is 64.1 Å². The molecule has 0 atom stereocenters. The van der Waals surface area contributed by atoms with Crippen LogP contribution in [-0.2, 0) is 10.2 Å². The topological polar surface area (TPSA) is 117 Å². The van der Waals surface area contributed by atoms with Gasteiger partial charge in [0.15, 0.2) is 5.13 Å². The lowest BCUT2D eigenvalue weighted by Gasteiger charge is -2.19. The maximum absolute atomic E-state index is 13.0. The van der Waals surface area contributed by atoms with Gasteiger partial charge in [0.25, 0.3) is 5.91 Å². The van der Waals surface area contributed by atoms with E-state index >= 15 is 0 Å². The lowest BCUT2D eigenvalue weighted by Crippen LogP contribution is -2.21. The SMILES string of the molecule is Cc1ccc(NC(=O)c2cccc(C(C)(C)C=N)c2)cc1Oc1ccc2nc(NC(=O)C3(C)CC3)sc2n1. The fraction of sp³-hybridized carbons (Fsp3) is 0.276. The maximum Gasteiger partial charge on any atom is 0.255 e. The standard InChI is InChI=1S/C29H29N5O3S/c1-17-8-9-20(31-24(35)18-6-5-7-19(14-18)28(2,3)16-30)15-22(17)37-23-11-10-21-25(33-23)38-27(32-21)34-26(36)29(4)12-13-29/h5-11,14-16,30H,12-13H2,1-4H3,(H,31,35)(H,32,34,36). The molecule has 38 heavy (non-hydrogen) atoms. The van der Waals surface area contributed by atoms with Crippen molar-refractivity contribution in [1.82, 2.24) is 9.97 Å². The Morgan fingerprint density at radius 2 is 1.87 bits per heavy atom. The highest BCUT2D eigenvalue weighted by atomic mass is 32.1. The highest BCUT2D eigenvalue weighted by molar-refractivity contribution is 7.22. The number of aryl methyl sites for hydroxylation is 1. The Labute approximate surface area is 225 Å². The second-order valence-corrected chi connectivity index (χ2v) is 11.5. The van der Waals surface area contributed by atoms with Crippen molar-refractivity contribution in [2.75, 3.05) is 10.6 Å². The van der Waals surface area contributed by atoms with Gasteiger partial charge in [0, 0.05) is 40.4 Å². The third kappa shape index (κ3) is 5.28. The Morgan fingerprint density at radius 1 is 1.08 bits per heavy atom. The first-order valence-electron chi connectivity index (χ1n) is 12.4. The zero-order chi connectivity index (χ0) is 27.1. The Hall–Kier alpha value is -4.11. The van der Waals surface area contributed by atoms with Gasteiger partial charge in [-0.1, -0.05) is 50.3 Å². The monoisotopic (exact) mass is 527 g/mol. The summed E-state index contributed by atoms with van der Waals surface area (Å²) in [5, 5.41) is 14.0. The van der Waals surface area contributed by atoms with Crippen LogP contribution in [0.1, 0.15) is 55.1 Å². The highest BCUT2D eigenvalue weighted by Crippen LogP contribution is 2.46. The molecule has 0 unspecified atom stereocenters. The van der Waals surface area contributed by atoms with Gasteiger partial charge in [0.1, 0.15) is 16.1 Å². The smallest absolute Gasteiger partial charge is 0.255 e. The van der Waals surface area contributed by atoms with Crippen LogP contribution >= 0.6 is 11.3 Å². The molecule has 2 heterocycles. The predicted octanol–water partition coefficient (Wildman–Crippen LogP) is 6.71. The van der Waals surface area contributed by atoms with Crippen molar-refractivity contribution in [3.05, 3.63) is 71.3 Å². The van der Waals surface area contributed by atoms with Gasteiger partial charge in [-0.25, -0.2) is 9.97 Å². The number of carbonyl (C=O) groups is 2. The number of hydrogen-bond donors (Lipinski definition) is 3. The average molecular weight is 528 g/mol. The highest BCUT2D eigenvalue weighted by Gasteiger charge is 2.45. The molecule has 0 aliphatic heterocycles. The molecule has 194 valence electrons. The number of nitrogens with zero attached hydrogens (tertiary/aromatic N) is 2. The molecule has 2 aromatic heterocycles. The van der Waals surface area contributed by atoms with Crippen molar-refractivity contribution in [3.8, 4) is 11.6 Å². The van der Waals surface area contributed by atoms with Crippen molar-refractivity contribution < 1.29 is 14.3 Å². The van der Waals surface area contributed by atoms with Crippen LogP contribution in [0.2, 0.25) is 0 Å². The Balaban J connectivity index is 1.31. The Bertz CT molecular complexity index is 1570. The molecule has 4 aromatic rings. The molecule has 8 nitrogen and oxygen atoms in total. The second-order valence-electron chi connectivity index (χ2n) is 10.5. The first-order valence-corrected chi connectivity index (χ1v) is 13.2. The number of hydrogen-bond acceptors (Lipinski definition) is 7. The molecule has 2 amide bonds. The van der Waals surface area contributed by atoms with E-state index in [-0.39, 0.29) is 17.2 Å². The molecule has 5 rings (SSSR count). The number of nitrogens with one attached hydrogen (secondary N) is 3. The molecular formula is C29H29N5O3S. The van der Waals surface area contributed by atoms with E-state index in [0.717, 1.165) is 24.0 Å². The van der Waals surface area contributed by atoms with Crippen LogP contribution in [0.5, 0.6) is 11.6 Å². The van der Waals surface area contributed by atoms with Gasteiger partial charge in [-0.05, 0) is 55.2 Å². The summed E-state index contributed by atoms with van der Waals surface area (Å²) in [7, 11) is 0. The zero-order valence-electron chi connectivity index (χ0n) is 21.7. The van der Waals surface area contributed by atoms with Crippen LogP contribution in [0.3, 0.4) is 0 Å². The van der Waals surface area contributed by atoms with Gasteiger partial charge >= 0.3 is 0 Å². The van der Waals surface area contributed by atoms with E-state index in [4.69, 9.17) is 10.1 Å². The Kier molecular flexibility index (Phi) is 6.48. The lowest BCUT2D eigenvalue weighted by atomic mass is 9.85. The normalized spacial score (nSPS) is 14.1. The van der Waals surface area contributed by atoms with Gasteiger partial charge in [0.05, 0.1) is 0 Å². The summed E-state index contributed by atoms with van der Waals surface area (Å²) in [6.07, 6.45) is 3.17. The third-order valence-electron chi connectivity index (χ3n) is 6.89. The molecule has 1 aliphatic rings. The molecule has 0 spiro atoms. The number of ether oxygens (including phenoxy) is 1. The van der Waals surface area contributed by atoms with Crippen LogP contribution in [0, 0.1) is 17.7 Å². The minimum absolute atomic E-state index is 0.00678. The summed E-state index contributed by atoms with van der Waals surface area (Å²) in [6, 6.07) is 16.3. The number of rotatable bonds is 8. The molecule has 1 aliphatic carbocycles. The largest absolute Gasteiger partial charge is 0.439 e. The molecule has 9 heteroatoms. The first-order chi connectivity index (χ1) is 18.1. The minimum atomic E-state index is -0.463. The molecule has 0 saturated heterocycles. The lowest BCUT2D eigenvalue weighted by molar-refractivity contribution is -0.120. The molecule has 0 bridgehead atoms. The van der Waals surface area contributed by atoms with Crippen LogP contribution in [0.4, 0.5) is 10.8 Å². The van der Waals surface area contributed by atoms with E-state index in [2.05, 4.69) is 20.6 Å². The maximum atomic E-state index is 13.0. The Morgan fingerprint density at radius 3 is 2.61 bits per heavy atom. The third-order valence-corrected chi connectivity index (χ3v) is 7.77. The van der Waals surface area contributed by atoms with Crippen LogP contribution < -0.4 is 15.4 Å². The number of carbonyl (C=O) groups excluding carboxylic acids is 2.